The molecule has 7 rings (SSSR count). The van der Waals surface area contributed by atoms with Gasteiger partial charge >= 0.3 is 0 Å². The maximum Gasteiger partial charge on any atom is 0.256 e. The van der Waals surface area contributed by atoms with Crippen molar-refractivity contribution < 1.29 is 23.1 Å². The summed E-state index contributed by atoms with van der Waals surface area (Å²) in [6.07, 6.45) is 9.33. The Morgan fingerprint density at radius 2 is 1.97 bits per heavy atom. The number of hydrogen-bond donors (Lipinski definition) is 0. The van der Waals surface area contributed by atoms with Crippen LogP contribution in [0.3, 0.4) is 0 Å². The number of nitrogens with zero attached hydrogens (tertiary/aromatic N) is 3. The highest BCUT2D eigenvalue weighted by molar-refractivity contribution is 6.16. The van der Waals surface area contributed by atoms with E-state index in [1.807, 2.05) is 18.2 Å². The van der Waals surface area contributed by atoms with Gasteiger partial charge in [0.1, 0.15) is 29.1 Å². The van der Waals surface area contributed by atoms with Crippen molar-refractivity contribution in [1.29, 1.82) is 0 Å². The molecule has 8 heteroatoms. The van der Waals surface area contributed by atoms with Gasteiger partial charge in [0.25, 0.3) is 11.8 Å². The van der Waals surface area contributed by atoms with Gasteiger partial charge in [-0.15, -0.1) is 0 Å². The number of hydrogen-bond acceptors (Lipinski definition) is 4. The zero-order chi connectivity index (χ0) is 25.3. The number of fused-ring (bicyclic) bond motifs is 1. The van der Waals surface area contributed by atoms with Gasteiger partial charge in [0.05, 0.1) is 12.2 Å². The normalized spacial score (nSPS) is 28.1. The van der Waals surface area contributed by atoms with E-state index in [1.165, 1.54) is 6.07 Å². The highest BCUT2D eigenvalue weighted by atomic mass is 19.1. The van der Waals surface area contributed by atoms with E-state index < -0.39 is 11.4 Å². The second-order valence-electron chi connectivity index (χ2n) is 11.2. The molecule has 0 radical (unpaired) electrons. The summed E-state index contributed by atoms with van der Waals surface area (Å²) in [6.45, 7) is 2.22. The average molecular weight is 506 g/mol. The van der Waals surface area contributed by atoms with Crippen LogP contribution in [0.25, 0.3) is 5.57 Å². The van der Waals surface area contributed by atoms with E-state index in [2.05, 4.69) is 0 Å². The smallest absolute Gasteiger partial charge is 0.256 e. The third-order valence-electron chi connectivity index (χ3n) is 8.68. The number of ether oxygens (including phenoxy) is 1. The van der Waals surface area contributed by atoms with Gasteiger partial charge in [0.15, 0.2) is 0 Å². The minimum atomic E-state index is -0.726. The largest absolute Gasteiger partial charge is 0.368 e. The van der Waals surface area contributed by atoms with Crippen LogP contribution in [-0.4, -0.2) is 65.3 Å². The Bertz CT molecular complexity index is 1320. The third kappa shape index (κ3) is 3.88. The van der Waals surface area contributed by atoms with Gasteiger partial charge < -0.3 is 9.64 Å². The van der Waals surface area contributed by atoms with Gasteiger partial charge in [0.2, 0.25) is 0 Å². The molecule has 3 heterocycles. The molecule has 6 nitrogen and oxygen atoms in total. The number of carbonyl (C=O) groups excluding carboxylic acids is 2. The summed E-state index contributed by atoms with van der Waals surface area (Å²) in [5.74, 6) is 0.302. The molecule has 192 valence electrons. The fourth-order valence-electron chi connectivity index (χ4n) is 6.13. The molecular formula is C29H29F2N3O3. The van der Waals surface area contributed by atoms with Crippen molar-refractivity contribution in [3.63, 3.8) is 0 Å². The quantitative estimate of drug-likeness (QED) is 0.604. The summed E-state index contributed by atoms with van der Waals surface area (Å²) >= 11 is 0. The van der Waals surface area contributed by atoms with Gasteiger partial charge in [-0.2, -0.15) is 0 Å². The van der Waals surface area contributed by atoms with E-state index in [9.17, 15) is 14.0 Å². The van der Waals surface area contributed by atoms with Gasteiger partial charge in [-0.05, 0) is 72.9 Å². The van der Waals surface area contributed by atoms with Crippen LogP contribution in [-0.2, 0) is 14.3 Å². The molecule has 3 aliphatic carbocycles. The SMILES string of the molecule is O=C(C1CCO1)N1CC(CN2C(=O)C3(CC3)N=C2c2ccc(C3=CC=C4C=C(F)CCC4C3)cc2F)C1. The predicted molar refractivity (Wildman–Crippen MR) is 134 cm³/mol. The zero-order valence-corrected chi connectivity index (χ0v) is 20.6. The Morgan fingerprint density at radius 1 is 1.16 bits per heavy atom. The lowest BCUT2D eigenvalue weighted by atomic mass is 9.79. The van der Waals surface area contributed by atoms with Crippen molar-refractivity contribution in [1.82, 2.24) is 9.80 Å². The molecule has 1 aromatic carbocycles. The monoisotopic (exact) mass is 505 g/mol. The zero-order valence-electron chi connectivity index (χ0n) is 20.6. The molecule has 2 saturated heterocycles. The Morgan fingerprint density at radius 3 is 2.68 bits per heavy atom. The van der Waals surface area contributed by atoms with Crippen LogP contribution in [0.4, 0.5) is 8.78 Å². The number of amidine groups is 1. The Kier molecular flexibility index (Phi) is 5.26. The molecule has 1 aromatic rings. The molecule has 0 N–H and O–H groups in total. The van der Waals surface area contributed by atoms with Crippen molar-refractivity contribution in [3.05, 3.63) is 64.8 Å². The van der Waals surface area contributed by atoms with Crippen LogP contribution < -0.4 is 0 Å². The van der Waals surface area contributed by atoms with E-state index in [-0.39, 0.29) is 35.6 Å². The minimum absolute atomic E-state index is 0.0257. The van der Waals surface area contributed by atoms with Gasteiger partial charge in [-0.1, -0.05) is 18.2 Å². The molecule has 1 spiro atoms. The summed E-state index contributed by atoms with van der Waals surface area (Å²) in [7, 11) is 0. The topological polar surface area (TPSA) is 62.2 Å². The molecule has 6 aliphatic rings. The average Bonchev–Trinajstić information content (AvgIpc) is 3.56. The number of benzene rings is 1. The predicted octanol–water partition coefficient (Wildman–Crippen LogP) is 4.17. The lowest BCUT2D eigenvalue weighted by Crippen LogP contribution is -2.58. The number of carbonyl (C=O) groups is 2. The standard InChI is InChI=1S/C29H29F2N3O3/c30-22-5-3-19-11-18(1-2-20(19)12-22)21-4-6-23(24(31)13-21)26-32-29(8-9-29)28(36)34(26)16-17-14-33(15-17)27(35)25-7-10-37-25/h1-2,4,6,12-13,17,19,25H,3,5,7-11,14-16H2. The molecule has 2 unspecified atom stereocenters. The fraction of sp³-hybridized carbons (Fsp3) is 0.483. The molecule has 2 atom stereocenters. The number of amides is 2. The first-order chi connectivity index (χ1) is 17.9. The summed E-state index contributed by atoms with van der Waals surface area (Å²) in [4.78, 5) is 33.8. The maximum atomic E-state index is 15.6. The molecular weight excluding hydrogens is 476 g/mol. The van der Waals surface area contributed by atoms with Crippen LogP contribution >= 0.6 is 0 Å². The van der Waals surface area contributed by atoms with Crippen molar-refractivity contribution in [3.8, 4) is 0 Å². The van der Waals surface area contributed by atoms with E-state index >= 15 is 4.39 Å². The van der Waals surface area contributed by atoms with Crippen LogP contribution in [0.15, 0.2) is 52.8 Å². The van der Waals surface area contributed by atoms with Crippen LogP contribution in [0, 0.1) is 17.7 Å². The molecule has 37 heavy (non-hydrogen) atoms. The van der Waals surface area contributed by atoms with E-state index in [1.54, 1.807) is 21.9 Å². The second-order valence-corrected chi connectivity index (χ2v) is 11.2. The highest BCUT2D eigenvalue weighted by Gasteiger charge is 2.58. The Labute approximate surface area is 214 Å². The molecule has 3 fully saturated rings. The van der Waals surface area contributed by atoms with E-state index in [0.717, 1.165) is 36.0 Å². The third-order valence-corrected chi connectivity index (χ3v) is 8.68. The van der Waals surface area contributed by atoms with Crippen molar-refractivity contribution in [2.75, 3.05) is 26.2 Å². The van der Waals surface area contributed by atoms with Crippen LogP contribution in [0.5, 0.6) is 0 Å². The summed E-state index contributed by atoms with van der Waals surface area (Å²) < 4.78 is 34.5. The maximum absolute atomic E-state index is 15.6. The number of allylic oxidation sites excluding steroid dienone is 6. The summed E-state index contributed by atoms with van der Waals surface area (Å²) in [6, 6.07) is 5.16. The van der Waals surface area contributed by atoms with Crippen molar-refractivity contribution in [2.45, 2.75) is 50.2 Å². The molecule has 2 amide bonds. The first kappa shape index (κ1) is 23.0. The number of rotatable bonds is 5. The van der Waals surface area contributed by atoms with E-state index in [0.29, 0.717) is 56.9 Å². The lowest BCUT2D eigenvalue weighted by Gasteiger charge is -2.43. The Hall–Kier alpha value is -3.13. The highest BCUT2D eigenvalue weighted by Crippen LogP contribution is 2.47. The van der Waals surface area contributed by atoms with Gasteiger partial charge in [-0.3, -0.25) is 19.5 Å². The van der Waals surface area contributed by atoms with Crippen molar-refractivity contribution in [2.24, 2.45) is 16.8 Å². The number of likely N-dealkylation sites (tertiary alicyclic amines) is 1. The summed E-state index contributed by atoms with van der Waals surface area (Å²) in [5, 5.41) is 0. The van der Waals surface area contributed by atoms with E-state index in [4.69, 9.17) is 9.73 Å². The summed E-state index contributed by atoms with van der Waals surface area (Å²) in [5.41, 5.74) is 2.45. The number of halogens is 2. The minimum Gasteiger partial charge on any atom is -0.368 e. The van der Waals surface area contributed by atoms with Crippen molar-refractivity contribution >= 4 is 23.2 Å². The molecule has 3 aliphatic heterocycles. The first-order valence-electron chi connectivity index (χ1n) is 13.3. The van der Waals surface area contributed by atoms with Crippen LogP contribution in [0.2, 0.25) is 0 Å². The molecule has 1 saturated carbocycles. The fourth-order valence-corrected chi connectivity index (χ4v) is 6.13. The van der Waals surface area contributed by atoms with Gasteiger partial charge in [-0.25, -0.2) is 8.78 Å². The second kappa shape index (κ2) is 8.45. The first-order valence-corrected chi connectivity index (χ1v) is 13.3. The molecule has 0 bridgehead atoms. The van der Waals surface area contributed by atoms with Crippen LogP contribution in [0.1, 0.15) is 49.7 Å². The number of aliphatic imine (C=N–C) groups is 1. The van der Waals surface area contributed by atoms with Gasteiger partial charge in [0, 0.05) is 32.0 Å². The molecule has 0 aromatic heterocycles. The Balaban J connectivity index is 1.09. The lowest BCUT2D eigenvalue weighted by molar-refractivity contribution is -0.162.